The zero-order chi connectivity index (χ0) is 19.7. The Morgan fingerprint density at radius 3 is 2.68 bits per heavy atom. The van der Waals surface area contributed by atoms with Crippen LogP contribution in [0.4, 0.5) is 10.1 Å². The molecule has 0 aliphatic rings. The van der Waals surface area contributed by atoms with Crippen molar-refractivity contribution in [3.63, 3.8) is 0 Å². The van der Waals surface area contributed by atoms with Gasteiger partial charge in [-0.25, -0.2) is 14.4 Å². The summed E-state index contributed by atoms with van der Waals surface area (Å²) in [5.41, 5.74) is 8.21. The largest absolute Gasteiger partial charge is 0.436 e. The molecule has 0 aliphatic heterocycles. The molecule has 0 bridgehead atoms. The number of hydrogen-bond acceptors (Lipinski definition) is 7. The monoisotopic (exact) mass is 393 g/mol. The van der Waals surface area contributed by atoms with Gasteiger partial charge >= 0.3 is 0 Å². The summed E-state index contributed by atoms with van der Waals surface area (Å²) in [6.07, 6.45) is 5.17. The number of ether oxygens (including phenoxy) is 1. The van der Waals surface area contributed by atoms with E-state index in [1.165, 1.54) is 17.8 Å². The van der Waals surface area contributed by atoms with E-state index in [4.69, 9.17) is 10.5 Å². The molecule has 8 heteroatoms. The van der Waals surface area contributed by atoms with Crippen molar-refractivity contribution < 1.29 is 9.13 Å². The fourth-order valence-corrected chi connectivity index (χ4v) is 3.25. The first kappa shape index (κ1) is 18.1. The van der Waals surface area contributed by atoms with Gasteiger partial charge in [-0.1, -0.05) is 23.9 Å². The Balaban J connectivity index is 1.85. The predicted octanol–water partition coefficient (Wildman–Crippen LogP) is 4.63. The third kappa shape index (κ3) is 3.22. The number of anilines is 1. The maximum Gasteiger partial charge on any atom is 0.248 e. The molecular formula is C20H16FN5OS. The highest BCUT2D eigenvalue weighted by atomic mass is 32.2. The average Bonchev–Trinajstić information content (AvgIpc) is 2.73. The molecule has 0 saturated heterocycles. The number of nitrogen functional groups attached to an aromatic ring is 1. The van der Waals surface area contributed by atoms with Gasteiger partial charge in [0, 0.05) is 17.0 Å². The van der Waals surface area contributed by atoms with Crippen LogP contribution in [0.3, 0.4) is 0 Å². The van der Waals surface area contributed by atoms with Crippen LogP contribution in [-0.4, -0.2) is 26.4 Å². The standard InChI is InChI=1S/C20H16FN5OS/c1-11-3-4-12-13(5-6-15(21)17(12)22)18(11)27-19-14(7-10-24-26-19)16-8-9-23-20(25-16)28-2/h3-10H,22H2,1-2H3. The van der Waals surface area contributed by atoms with E-state index in [2.05, 4.69) is 20.2 Å². The second-order valence-electron chi connectivity index (χ2n) is 6.05. The number of hydrogen-bond donors (Lipinski definition) is 1. The van der Waals surface area contributed by atoms with Gasteiger partial charge in [0.1, 0.15) is 11.6 Å². The minimum atomic E-state index is -0.465. The molecule has 2 heterocycles. The Kier molecular flexibility index (Phi) is 4.79. The number of fused-ring (bicyclic) bond motifs is 1. The fraction of sp³-hybridized carbons (Fsp3) is 0.100. The molecule has 0 fully saturated rings. The second kappa shape index (κ2) is 7.40. The van der Waals surface area contributed by atoms with Gasteiger partial charge in [-0.2, -0.15) is 5.10 Å². The van der Waals surface area contributed by atoms with Gasteiger partial charge in [-0.05, 0) is 43.0 Å². The number of halogens is 1. The normalized spacial score (nSPS) is 11.0. The lowest BCUT2D eigenvalue weighted by Gasteiger charge is -2.14. The Morgan fingerprint density at radius 2 is 1.86 bits per heavy atom. The van der Waals surface area contributed by atoms with E-state index in [9.17, 15) is 4.39 Å². The summed E-state index contributed by atoms with van der Waals surface area (Å²) in [6.45, 7) is 1.90. The van der Waals surface area contributed by atoms with Gasteiger partial charge in [0.2, 0.25) is 5.88 Å². The van der Waals surface area contributed by atoms with Crippen molar-refractivity contribution in [2.75, 3.05) is 12.0 Å². The van der Waals surface area contributed by atoms with Crippen molar-refractivity contribution in [3.05, 3.63) is 60.2 Å². The lowest BCUT2D eigenvalue weighted by molar-refractivity contribution is 0.459. The Labute approximate surface area is 165 Å². The smallest absolute Gasteiger partial charge is 0.248 e. The molecule has 0 unspecified atom stereocenters. The first-order valence-electron chi connectivity index (χ1n) is 8.42. The molecular weight excluding hydrogens is 377 g/mol. The quantitative estimate of drug-likeness (QED) is 0.307. The van der Waals surface area contributed by atoms with Gasteiger partial charge in [-0.15, -0.1) is 5.10 Å². The summed E-state index contributed by atoms with van der Waals surface area (Å²) >= 11 is 1.45. The zero-order valence-electron chi connectivity index (χ0n) is 15.2. The van der Waals surface area contributed by atoms with E-state index >= 15 is 0 Å². The SMILES string of the molecule is CSc1nccc(-c2ccnnc2Oc2c(C)ccc3c(N)c(F)ccc23)n1. The lowest BCUT2D eigenvalue weighted by atomic mass is 10.0. The Hall–Kier alpha value is -3.26. The molecule has 0 spiro atoms. The molecule has 4 aromatic rings. The molecule has 0 amide bonds. The maximum atomic E-state index is 13.9. The highest BCUT2D eigenvalue weighted by Crippen LogP contribution is 2.38. The molecule has 6 nitrogen and oxygen atoms in total. The second-order valence-corrected chi connectivity index (χ2v) is 6.82. The zero-order valence-corrected chi connectivity index (χ0v) is 16.0. The van der Waals surface area contributed by atoms with Gasteiger partial charge in [0.15, 0.2) is 5.16 Å². The lowest BCUT2D eigenvalue weighted by Crippen LogP contribution is -1.99. The van der Waals surface area contributed by atoms with Crippen molar-refractivity contribution in [3.8, 4) is 22.9 Å². The van der Waals surface area contributed by atoms with Gasteiger partial charge in [0.25, 0.3) is 0 Å². The number of thioether (sulfide) groups is 1. The fourth-order valence-electron chi connectivity index (χ4n) is 2.89. The van der Waals surface area contributed by atoms with Gasteiger partial charge in [0.05, 0.1) is 23.1 Å². The van der Waals surface area contributed by atoms with Crippen LogP contribution in [0.2, 0.25) is 0 Å². The van der Waals surface area contributed by atoms with Crippen LogP contribution < -0.4 is 10.5 Å². The summed E-state index contributed by atoms with van der Waals surface area (Å²) in [5.74, 6) is 0.380. The minimum absolute atomic E-state index is 0.0853. The van der Waals surface area contributed by atoms with Crippen LogP contribution in [0.25, 0.3) is 22.0 Å². The van der Waals surface area contributed by atoms with Crippen LogP contribution in [0.5, 0.6) is 11.6 Å². The molecule has 28 heavy (non-hydrogen) atoms. The number of nitrogens with zero attached hydrogens (tertiary/aromatic N) is 4. The number of rotatable bonds is 4. The van der Waals surface area contributed by atoms with E-state index in [1.807, 2.05) is 19.2 Å². The first-order chi connectivity index (χ1) is 13.6. The van der Waals surface area contributed by atoms with Gasteiger partial charge < -0.3 is 10.5 Å². The molecule has 2 aromatic carbocycles. The summed E-state index contributed by atoms with van der Waals surface area (Å²) in [6, 6.07) is 10.2. The summed E-state index contributed by atoms with van der Waals surface area (Å²) in [4.78, 5) is 8.70. The molecule has 2 aromatic heterocycles. The number of aromatic nitrogens is 4. The van der Waals surface area contributed by atoms with E-state index in [1.54, 1.807) is 36.7 Å². The first-order valence-corrected chi connectivity index (χ1v) is 9.65. The molecule has 0 radical (unpaired) electrons. The molecule has 0 aliphatic carbocycles. The average molecular weight is 393 g/mol. The number of nitrogens with two attached hydrogens (primary N) is 1. The van der Waals surface area contributed by atoms with Crippen molar-refractivity contribution in [1.29, 1.82) is 0 Å². The van der Waals surface area contributed by atoms with E-state index < -0.39 is 5.82 Å². The molecule has 2 N–H and O–H groups in total. The van der Waals surface area contributed by atoms with Crippen LogP contribution in [0, 0.1) is 12.7 Å². The van der Waals surface area contributed by atoms with E-state index in [0.717, 1.165) is 5.56 Å². The third-order valence-corrected chi connectivity index (χ3v) is 4.88. The summed E-state index contributed by atoms with van der Waals surface area (Å²) in [5, 5.41) is 10.0. The highest BCUT2D eigenvalue weighted by molar-refractivity contribution is 7.98. The van der Waals surface area contributed by atoms with Crippen LogP contribution in [-0.2, 0) is 0 Å². The maximum absolute atomic E-state index is 13.9. The Bertz CT molecular complexity index is 1180. The van der Waals surface area contributed by atoms with Crippen molar-refractivity contribution >= 4 is 28.2 Å². The summed E-state index contributed by atoms with van der Waals surface area (Å²) < 4.78 is 20.0. The predicted molar refractivity (Wildman–Crippen MR) is 108 cm³/mol. The van der Waals surface area contributed by atoms with Crippen molar-refractivity contribution in [2.24, 2.45) is 0 Å². The van der Waals surface area contributed by atoms with Crippen LogP contribution >= 0.6 is 11.8 Å². The number of aryl methyl sites for hydroxylation is 1. The van der Waals surface area contributed by atoms with Gasteiger partial charge in [-0.3, -0.25) is 0 Å². The van der Waals surface area contributed by atoms with Crippen LogP contribution in [0.15, 0.2) is 53.9 Å². The molecule has 4 rings (SSSR count). The van der Waals surface area contributed by atoms with Crippen LogP contribution in [0.1, 0.15) is 5.56 Å². The van der Waals surface area contributed by atoms with E-state index in [-0.39, 0.29) is 5.69 Å². The molecule has 0 saturated carbocycles. The Morgan fingerprint density at radius 1 is 1.04 bits per heavy atom. The topological polar surface area (TPSA) is 86.8 Å². The number of benzene rings is 2. The molecule has 140 valence electrons. The minimum Gasteiger partial charge on any atom is -0.436 e. The third-order valence-electron chi connectivity index (χ3n) is 4.31. The van der Waals surface area contributed by atoms with Crippen molar-refractivity contribution in [2.45, 2.75) is 12.1 Å². The summed E-state index contributed by atoms with van der Waals surface area (Å²) in [7, 11) is 0. The van der Waals surface area contributed by atoms with E-state index in [0.29, 0.717) is 38.8 Å². The highest BCUT2D eigenvalue weighted by Gasteiger charge is 2.16. The van der Waals surface area contributed by atoms with Crippen molar-refractivity contribution in [1.82, 2.24) is 20.2 Å². The molecule has 0 atom stereocenters.